The molecule has 184 valence electrons. The van der Waals surface area contributed by atoms with E-state index >= 15 is 0 Å². The highest BCUT2D eigenvalue weighted by Crippen LogP contribution is 2.30. The molecule has 6 N–H and O–H groups in total. The Morgan fingerprint density at radius 1 is 1.03 bits per heavy atom. The molecule has 0 amide bonds. The van der Waals surface area contributed by atoms with Crippen LogP contribution in [0.1, 0.15) is 30.7 Å². The number of rotatable bonds is 5. The molecular weight excluding hydrogens is 460 g/mol. The van der Waals surface area contributed by atoms with Crippen molar-refractivity contribution in [3.63, 3.8) is 0 Å². The van der Waals surface area contributed by atoms with E-state index in [4.69, 9.17) is 17.2 Å². The number of nitro groups is 1. The molecule has 1 aromatic heterocycles. The zero-order chi connectivity index (χ0) is 25.9. The number of nitrogens with zero attached hydrogens (tertiary/aromatic N) is 3. The summed E-state index contributed by atoms with van der Waals surface area (Å²) in [6, 6.07) is 14.4. The van der Waals surface area contributed by atoms with E-state index in [1.54, 1.807) is 12.1 Å². The Bertz CT molecular complexity index is 1200. The maximum absolute atomic E-state index is 10.8. The zero-order valence-electron chi connectivity index (χ0n) is 19.3. The van der Waals surface area contributed by atoms with Crippen LogP contribution in [0.4, 0.5) is 17.5 Å². The van der Waals surface area contributed by atoms with E-state index in [9.17, 15) is 23.1 Å². The molecule has 1 heterocycles. The first-order valence-electron chi connectivity index (χ1n) is 10.3. The quantitative estimate of drug-likeness (QED) is 0.271. The fourth-order valence-corrected chi connectivity index (χ4v) is 2.62. The number of hydrogen-bond acceptors (Lipinski definition) is 10. The van der Waals surface area contributed by atoms with Gasteiger partial charge in [-0.25, -0.2) is 13.4 Å². The van der Waals surface area contributed by atoms with Crippen molar-refractivity contribution < 1.29 is 17.9 Å². The fraction of sp³-hybridized carbons (Fsp3) is 0.273. The molecule has 2 aromatic carbocycles. The third-order valence-corrected chi connectivity index (χ3v) is 5.13. The molecule has 0 radical (unpaired) electrons. The summed E-state index contributed by atoms with van der Waals surface area (Å²) in [4.78, 5) is 18.4. The highest BCUT2D eigenvalue weighted by molar-refractivity contribution is 7.85. The highest BCUT2D eigenvalue weighted by Gasteiger charge is 2.15. The standard InChI is InChI=1S/C12H13N5O2.C8H11N.C2H6O3S/c1-2-9-10(11(13)16-12(14)15-9)7-4-3-5-8(6-7)17(18)19;1-7-2-4-8(6-9)5-3-7;1-2-6(3,4)5/h3-6H,2H2,1H3,(H4,13,14,15,16);2-5H,6,9H2,1H3;2H2,1H3,(H,3,4,5)/p-1. The summed E-state index contributed by atoms with van der Waals surface area (Å²) in [5.41, 5.74) is 21.2. The molecule has 3 rings (SSSR count). The molecule has 0 bridgehead atoms. The minimum Gasteiger partial charge on any atom is -0.748 e. The van der Waals surface area contributed by atoms with E-state index in [2.05, 4.69) is 41.2 Å². The Labute approximate surface area is 198 Å². The number of anilines is 2. The van der Waals surface area contributed by atoms with Gasteiger partial charge in [0.1, 0.15) is 5.82 Å². The van der Waals surface area contributed by atoms with Crippen molar-refractivity contribution in [1.82, 2.24) is 9.97 Å². The summed E-state index contributed by atoms with van der Waals surface area (Å²) < 4.78 is 28.3. The molecule has 0 spiro atoms. The van der Waals surface area contributed by atoms with Crippen LogP contribution in [0.15, 0.2) is 48.5 Å². The van der Waals surface area contributed by atoms with Gasteiger partial charge in [0.2, 0.25) is 5.95 Å². The van der Waals surface area contributed by atoms with Gasteiger partial charge >= 0.3 is 0 Å². The van der Waals surface area contributed by atoms with Crippen molar-refractivity contribution in [3.8, 4) is 11.1 Å². The Balaban J connectivity index is 0.000000318. The largest absolute Gasteiger partial charge is 0.748 e. The average molecular weight is 490 g/mol. The summed E-state index contributed by atoms with van der Waals surface area (Å²) in [5, 5.41) is 10.8. The van der Waals surface area contributed by atoms with Gasteiger partial charge in [0, 0.05) is 30.0 Å². The molecule has 0 atom stereocenters. The van der Waals surface area contributed by atoms with Crippen LogP contribution in [-0.2, 0) is 23.1 Å². The predicted octanol–water partition coefficient (Wildman–Crippen LogP) is 2.78. The number of benzene rings is 2. The molecule has 34 heavy (non-hydrogen) atoms. The fourth-order valence-electron chi connectivity index (χ4n) is 2.62. The maximum Gasteiger partial charge on any atom is 0.270 e. The van der Waals surface area contributed by atoms with Gasteiger partial charge in [-0.1, -0.05) is 55.8 Å². The molecule has 12 heteroatoms. The lowest BCUT2D eigenvalue weighted by atomic mass is 10.0. The van der Waals surface area contributed by atoms with Gasteiger partial charge in [0.25, 0.3) is 5.69 Å². The molecule has 0 fully saturated rings. The van der Waals surface area contributed by atoms with E-state index < -0.39 is 15.0 Å². The lowest BCUT2D eigenvalue weighted by molar-refractivity contribution is -0.384. The van der Waals surface area contributed by atoms with E-state index in [0.717, 1.165) is 0 Å². The lowest BCUT2D eigenvalue weighted by Crippen LogP contribution is -2.06. The smallest absolute Gasteiger partial charge is 0.270 e. The number of nitrogens with two attached hydrogens (primary N) is 3. The van der Waals surface area contributed by atoms with Gasteiger partial charge in [-0.05, 0) is 24.5 Å². The number of aryl methyl sites for hydroxylation is 2. The zero-order valence-corrected chi connectivity index (χ0v) is 20.1. The van der Waals surface area contributed by atoms with E-state index in [0.29, 0.717) is 29.8 Å². The molecular formula is C22H29N6O5S-. The van der Waals surface area contributed by atoms with E-state index in [1.165, 1.54) is 30.2 Å². The summed E-state index contributed by atoms with van der Waals surface area (Å²) >= 11 is 0. The summed E-state index contributed by atoms with van der Waals surface area (Å²) in [5.74, 6) is 0.0147. The first-order chi connectivity index (χ1) is 15.9. The van der Waals surface area contributed by atoms with Gasteiger partial charge in [-0.3, -0.25) is 10.1 Å². The number of aromatic nitrogens is 2. The number of non-ortho nitro benzene ring substituents is 1. The van der Waals surface area contributed by atoms with Crippen LogP contribution in [0.2, 0.25) is 0 Å². The predicted molar refractivity (Wildman–Crippen MR) is 132 cm³/mol. The lowest BCUT2D eigenvalue weighted by Gasteiger charge is -2.10. The molecule has 0 saturated carbocycles. The van der Waals surface area contributed by atoms with Crippen LogP contribution in [0.3, 0.4) is 0 Å². The molecule has 0 unspecified atom stereocenters. The normalized spacial score (nSPS) is 10.4. The Kier molecular flexibility index (Phi) is 11.0. The number of nitro benzene ring substituents is 1. The molecule has 0 aliphatic rings. The Hall–Kier alpha value is -3.61. The summed E-state index contributed by atoms with van der Waals surface area (Å²) in [6.45, 7) is 5.92. The van der Waals surface area contributed by atoms with Gasteiger partial charge in [-0.2, -0.15) is 4.98 Å². The first kappa shape index (κ1) is 28.4. The van der Waals surface area contributed by atoms with Crippen LogP contribution >= 0.6 is 0 Å². The summed E-state index contributed by atoms with van der Waals surface area (Å²) in [7, 11) is -3.91. The number of nitrogen functional groups attached to an aromatic ring is 2. The van der Waals surface area contributed by atoms with Gasteiger partial charge in [-0.15, -0.1) is 0 Å². The minimum atomic E-state index is -3.91. The van der Waals surface area contributed by atoms with Crippen LogP contribution in [0, 0.1) is 17.0 Å². The van der Waals surface area contributed by atoms with Gasteiger partial charge in [0.05, 0.1) is 20.7 Å². The third kappa shape index (κ3) is 9.48. The number of hydrogen-bond donors (Lipinski definition) is 3. The van der Waals surface area contributed by atoms with E-state index in [1.807, 2.05) is 6.92 Å². The highest BCUT2D eigenvalue weighted by atomic mass is 32.2. The van der Waals surface area contributed by atoms with Gasteiger partial charge in [0.15, 0.2) is 0 Å². The van der Waals surface area contributed by atoms with Crippen molar-refractivity contribution in [3.05, 3.63) is 75.5 Å². The topological polar surface area (TPSA) is 204 Å². The molecule has 0 aliphatic carbocycles. The van der Waals surface area contributed by atoms with Crippen molar-refractivity contribution in [1.29, 1.82) is 0 Å². The maximum atomic E-state index is 10.8. The van der Waals surface area contributed by atoms with Crippen LogP contribution in [0.25, 0.3) is 11.1 Å². The monoisotopic (exact) mass is 489 g/mol. The molecule has 0 aliphatic heterocycles. The van der Waals surface area contributed by atoms with Crippen LogP contribution in [0.5, 0.6) is 0 Å². The molecule has 0 saturated heterocycles. The first-order valence-corrected chi connectivity index (χ1v) is 11.8. The molecule has 3 aromatic rings. The second-order valence-corrected chi connectivity index (χ2v) is 8.68. The Morgan fingerprint density at radius 2 is 1.62 bits per heavy atom. The van der Waals surface area contributed by atoms with Crippen molar-refractivity contribution in [2.24, 2.45) is 5.73 Å². The van der Waals surface area contributed by atoms with E-state index in [-0.39, 0.29) is 23.2 Å². The molecule has 11 nitrogen and oxygen atoms in total. The Morgan fingerprint density at radius 3 is 2.09 bits per heavy atom. The second kappa shape index (κ2) is 13.2. The van der Waals surface area contributed by atoms with Gasteiger partial charge < -0.3 is 21.8 Å². The van der Waals surface area contributed by atoms with Crippen molar-refractivity contribution in [2.45, 2.75) is 33.7 Å². The van der Waals surface area contributed by atoms with Crippen molar-refractivity contribution >= 4 is 27.6 Å². The summed E-state index contributed by atoms with van der Waals surface area (Å²) in [6.07, 6.45) is 0.606. The SMILES string of the molecule is CCS(=O)(=O)[O-].CCc1nc(N)nc(N)c1-c1cccc([N+](=O)[O-])c1.Cc1ccc(CN)cc1. The average Bonchev–Trinajstić information content (AvgIpc) is 2.79. The van der Waals surface area contributed by atoms with Crippen molar-refractivity contribution in [2.75, 3.05) is 17.2 Å². The minimum absolute atomic E-state index is 0.00391. The third-order valence-electron chi connectivity index (χ3n) is 4.42. The second-order valence-electron chi connectivity index (χ2n) is 6.99. The van der Waals surface area contributed by atoms with Crippen LogP contribution < -0.4 is 17.2 Å². The van der Waals surface area contributed by atoms with Crippen LogP contribution in [-0.4, -0.2) is 33.6 Å².